The summed E-state index contributed by atoms with van der Waals surface area (Å²) in [6.45, 7) is 3.65. The zero-order chi connectivity index (χ0) is 12.5. The quantitative estimate of drug-likeness (QED) is 0.555. The lowest BCUT2D eigenvalue weighted by Crippen LogP contribution is -2.19. The van der Waals surface area contributed by atoms with Gasteiger partial charge < -0.3 is 21.3 Å². The van der Waals surface area contributed by atoms with Crippen LogP contribution in [0.4, 0.5) is 11.6 Å². The Kier molecular flexibility index (Phi) is 5.63. The van der Waals surface area contributed by atoms with Crippen LogP contribution in [0.15, 0.2) is 24.3 Å². The highest BCUT2D eigenvalue weighted by Gasteiger charge is 1.98. The highest BCUT2D eigenvalue weighted by molar-refractivity contribution is 5.46. The van der Waals surface area contributed by atoms with Crippen molar-refractivity contribution in [3.8, 4) is 0 Å². The van der Waals surface area contributed by atoms with Crippen molar-refractivity contribution in [3.05, 3.63) is 24.3 Å². The van der Waals surface area contributed by atoms with Gasteiger partial charge in [-0.05, 0) is 6.92 Å². The maximum atomic E-state index is 4.14. The monoisotopic (exact) mass is 236 g/mol. The van der Waals surface area contributed by atoms with Gasteiger partial charge in [0, 0.05) is 38.6 Å². The molecule has 4 N–H and O–H groups in total. The van der Waals surface area contributed by atoms with E-state index in [0.717, 1.165) is 23.9 Å². The Morgan fingerprint density at radius 1 is 1.29 bits per heavy atom. The number of anilines is 2. The molecule has 0 amide bonds. The predicted octanol–water partition coefficient (Wildman–Crippen LogP) is 0.600. The smallest absolute Gasteiger partial charge is 0.131 e. The molecule has 0 bridgehead atoms. The summed E-state index contributed by atoms with van der Waals surface area (Å²) in [5.74, 6) is 1.59. The number of nitrogens with one attached hydrogen (secondary N) is 4. The number of likely N-dealkylation sites (N-methyl/N-ethyl adjacent to an activating group) is 1. The average molecular weight is 236 g/mol. The molecular weight excluding hydrogens is 216 g/mol. The van der Waals surface area contributed by atoms with Crippen LogP contribution < -0.4 is 21.3 Å². The summed E-state index contributed by atoms with van der Waals surface area (Å²) < 4.78 is 0. The van der Waals surface area contributed by atoms with E-state index >= 15 is 0 Å². The molecule has 0 saturated heterocycles. The molecule has 0 atom stereocenters. The molecule has 1 heterocycles. The van der Waals surface area contributed by atoms with Crippen molar-refractivity contribution in [2.24, 2.45) is 0 Å². The summed E-state index contributed by atoms with van der Waals surface area (Å²) in [6.07, 6.45) is 3.48. The first-order valence-corrected chi connectivity index (χ1v) is 5.64. The summed E-state index contributed by atoms with van der Waals surface area (Å²) in [5, 5.41) is 12.4. The van der Waals surface area contributed by atoms with Crippen molar-refractivity contribution in [2.45, 2.75) is 6.92 Å². The number of rotatable bonds is 7. The van der Waals surface area contributed by atoms with Gasteiger partial charge in [-0.2, -0.15) is 0 Å². The van der Waals surface area contributed by atoms with E-state index in [-0.39, 0.29) is 0 Å². The Bertz CT molecular complexity index is 363. The minimum atomic E-state index is 0.684. The van der Waals surface area contributed by atoms with E-state index in [1.807, 2.05) is 26.4 Å². The van der Waals surface area contributed by atoms with Crippen molar-refractivity contribution in [3.63, 3.8) is 0 Å². The van der Waals surface area contributed by atoms with Gasteiger partial charge in [-0.3, -0.25) is 0 Å². The number of hydrogen-bond acceptors (Lipinski definition) is 6. The van der Waals surface area contributed by atoms with Gasteiger partial charge in [0.05, 0.1) is 6.54 Å². The second-order valence-electron chi connectivity index (χ2n) is 3.37. The third-order valence-corrected chi connectivity index (χ3v) is 2.18. The van der Waals surface area contributed by atoms with Gasteiger partial charge in [0.1, 0.15) is 18.0 Å². The molecule has 1 aromatic rings. The molecular formula is C11H20N6. The summed E-state index contributed by atoms with van der Waals surface area (Å²) in [7, 11) is 3.72. The largest absolute Gasteiger partial charge is 0.390 e. The predicted molar refractivity (Wildman–Crippen MR) is 70.9 cm³/mol. The summed E-state index contributed by atoms with van der Waals surface area (Å²) in [5.41, 5.74) is 1.07. The van der Waals surface area contributed by atoms with Gasteiger partial charge in [0.15, 0.2) is 0 Å². The van der Waals surface area contributed by atoms with Crippen LogP contribution >= 0.6 is 0 Å². The van der Waals surface area contributed by atoms with E-state index in [1.165, 1.54) is 6.33 Å². The highest BCUT2D eigenvalue weighted by atomic mass is 15.1. The van der Waals surface area contributed by atoms with Crippen molar-refractivity contribution in [1.29, 1.82) is 0 Å². The fourth-order valence-electron chi connectivity index (χ4n) is 1.21. The van der Waals surface area contributed by atoms with Gasteiger partial charge in [-0.15, -0.1) is 0 Å². The van der Waals surface area contributed by atoms with E-state index in [2.05, 4.69) is 38.2 Å². The third-order valence-electron chi connectivity index (χ3n) is 2.18. The molecule has 0 aliphatic rings. The molecule has 94 valence electrons. The van der Waals surface area contributed by atoms with Gasteiger partial charge in [-0.1, -0.05) is 0 Å². The van der Waals surface area contributed by atoms with Crippen molar-refractivity contribution in [1.82, 2.24) is 20.6 Å². The minimum absolute atomic E-state index is 0.684. The topological polar surface area (TPSA) is 73.9 Å². The molecule has 0 spiro atoms. The van der Waals surface area contributed by atoms with E-state index in [4.69, 9.17) is 0 Å². The molecule has 0 aliphatic heterocycles. The zero-order valence-electron chi connectivity index (χ0n) is 10.5. The first-order valence-electron chi connectivity index (χ1n) is 5.64. The SMILES string of the molecule is CCN/C=C(/CNc1cc(NC)ncn1)NC. The Morgan fingerprint density at radius 2 is 2.06 bits per heavy atom. The first-order chi connectivity index (χ1) is 8.30. The maximum Gasteiger partial charge on any atom is 0.131 e. The fourth-order valence-corrected chi connectivity index (χ4v) is 1.21. The minimum Gasteiger partial charge on any atom is -0.390 e. The second-order valence-corrected chi connectivity index (χ2v) is 3.37. The van der Waals surface area contributed by atoms with Crippen LogP contribution in [0.25, 0.3) is 0 Å². The number of aromatic nitrogens is 2. The van der Waals surface area contributed by atoms with E-state index in [0.29, 0.717) is 6.54 Å². The molecule has 17 heavy (non-hydrogen) atoms. The fraction of sp³-hybridized carbons (Fsp3) is 0.455. The molecule has 0 saturated carbocycles. The molecule has 1 aromatic heterocycles. The van der Waals surface area contributed by atoms with Crippen LogP contribution in [-0.4, -0.2) is 37.2 Å². The van der Waals surface area contributed by atoms with E-state index in [9.17, 15) is 0 Å². The van der Waals surface area contributed by atoms with Crippen molar-refractivity contribution in [2.75, 3.05) is 37.8 Å². The van der Waals surface area contributed by atoms with Gasteiger partial charge in [0.25, 0.3) is 0 Å². The molecule has 0 fully saturated rings. The Morgan fingerprint density at radius 3 is 2.71 bits per heavy atom. The Balaban J connectivity index is 2.53. The van der Waals surface area contributed by atoms with Crippen molar-refractivity contribution >= 4 is 11.6 Å². The molecule has 1 rings (SSSR count). The average Bonchev–Trinajstić information content (AvgIpc) is 2.39. The summed E-state index contributed by atoms with van der Waals surface area (Å²) in [4.78, 5) is 8.19. The highest BCUT2D eigenvalue weighted by Crippen LogP contribution is 2.07. The molecule has 6 heteroatoms. The Hall–Kier alpha value is -1.98. The van der Waals surface area contributed by atoms with Crippen LogP contribution in [-0.2, 0) is 0 Å². The van der Waals surface area contributed by atoms with Crippen LogP contribution in [0.2, 0.25) is 0 Å². The van der Waals surface area contributed by atoms with Crippen LogP contribution in [0, 0.1) is 0 Å². The summed E-state index contributed by atoms with van der Waals surface area (Å²) in [6, 6.07) is 1.86. The van der Waals surface area contributed by atoms with Gasteiger partial charge in [-0.25, -0.2) is 9.97 Å². The lowest BCUT2D eigenvalue weighted by molar-refractivity contribution is 0.858. The molecule has 0 radical (unpaired) electrons. The number of nitrogens with zero attached hydrogens (tertiary/aromatic N) is 2. The zero-order valence-corrected chi connectivity index (χ0v) is 10.5. The van der Waals surface area contributed by atoms with E-state index < -0.39 is 0 Å². The lowest BCUT2D eigenvalue weighted by Gasteiger charge is -2.10. The molecule has 0 aromatic carbocycles. The van der Waals surface area contributed by atoms with Crippen LogP contribution in [0.3, 0.4) is 0 Å². The third kappa shape index (κ3) is 4.58. The van der Waals surface area contributed by atoms with Crippen LogP contribution in [0.5, 0.6) is 0 Å². The van der Waals surface area contributed by atoms with Crippen LogP contribution in [0.1, 0.15) is 6.92 Å². The van der Waals surface area contributed by atoms with Gasteiger partial charge >= 0.3 is 0 Å². The van der Waals surface area contributed by atoms with Crippen molar-refractivity contribution < 1.29 is 0 Å². The number of hydrogen-bond donors (Lipinski definition) is 4. The molecule has 0 aliphatic carbocycles. The lowest BCUT2D eigenvalue weighted by atomic mass is 10.4. The summed E-state index contributed by atoms with van der Waals surface area (Å²) >= 11 is 0. The van der Waals surface area contributed by atoms with E-state index in [1.54, 1.807) is 0 Å². The first kappa shape index (κ1) is 13.1. The van der Waals surface area contributed by atoms with Gasteiger partial charge in [0.2, 0.25) is 0 Å². The normalized spacial score (nSPS) is 10.9. The second kappa shape index (κ2) is 7.32. The molecule has 0 unspecified atom stereocenters. The Labute approximate surface area is 102 Å². The molecule has 6 nitrogen and oxygen atoms in total. The standard InChI is InChI=1S/C11H20N6/c1-4-14-6-9(12-2)7-15-11-5-10(13-3)16-8-17-11/h5-6,8,12,14H,4,7H2,1-3H3,(H2,13,15,16,17)/b9-6-. The maximum absolute atomic E-state index is 4.14.